The summed E-state index contributed by atoms with van der Waals surface area (Å²) in [7, 11) is 1.65. The molecule has 0 aliphatic carbocycles. The number of nitrogens with two attached hydrogens (primary N) is 1. The van der Waals surface area contributed by atoms with E-state index in [-0.39, 0.29) is 6.79 Å². The maximum atomic E-state index is 5.78. The van der Waals surface area contributed by atoms with Crippen molar-refractivity contribution in [3.05, 3.63) is 24.3 Å². The lowest BCUT2D eigenvalue weighted by Gasteiger charge is -2.34. The molecule has 6 heteroatoms. The first-order valence-corrected chi connectivity index (χ1v) is 6.84. The number of ether oxygens (including phenoxy) is 3. The number of rotatable bonds is 7. The number of methoxy groups -OCH3 is 1. The summed E-state index contributed by atoms with van der Waals surface area (Å²) < 4.78 is 16.0. The van der Waals surface area contributed by atoms with E-state index >= 15 is 0 Å². The minimum Gasteiger partial charge on any atom is -0.465 e. The zero-order chi connectivity index (χ0) is 14.2. The molecule has 0 amide bonds. The van der Waals surface area contributed by atoms with Crippen LogP contribution in [0.1, 0.15) is 0 Å². The van der Waals surface area contributed by atoms with Gasteiger partial charge in [0.05, 0.1) is 18.9 Å². The Labute approximate surface area is 120 Å². The monoisotopic (exact) mass is 281 g/mol. The Morgan fingerprint density at radius 1 is 1.10 bits per heavy atom. The highest BCUT2D eigenvalue weighted by atomic mass is 16.7. The molecule has 1 aliphatic heterocycles. The van der Waals surface area contributed by atoms with E-state index in [1.165, 1.54) is 0 Å². The first kappa shape index (κ1) is 15.1. The fourth-order valence-corrected chi connectivity index (χ4v) is 2.11. The third-order valence-electron chi connectivity index (χ3n) is 3.25. The van der Waals surface area contributed by atoms with Crippen molar-refractivity contribution in [1.29, 1.82) is 0 Å². The summed E-state index contributed by atoms with van der Waals surface area (Å²) in [5, 5.41) is 1.84. The lowest BCUT2D eigenvalue weighted by Crippen LogP contribution is -2.49. The molecule has 1 saturated heterocycles. The minimum atomic E-state index is 0.233. The van der Waals surface area contributed by atoms with Crippen LogP contribution in [0.25, 0.3) is 0 Å². The number of hydrogen-bond acceptors (Lipinski definition) is 6. The van der Waals surface area contributed by atoms with E-state index in [1.807, 2.05) is 23.2 Å². The highest BCUT2D eigenvalue weighted by Crippen LogP contribution is 2.28. The van der Waals surface area contributed by atoms with Crippen molar-refractivity contribution in [1.82, 2.24) is 5.01 Å². The SMILES string of the molecule is COCCOCOc1ccccc1N1CCN(N)CC1. The lowest BCUT2D eigenvalue weighted by atomic mass is 10.2. The summed E-state index contributed by atoms with van der Waals surface area (Å²) in [6, 6.07) is 8.01. The van der Waals surface area contributed by atoms with Crippen molar-refractivity contribution in [3.8, 4) is 5.75 Å². The molecule has 2 rings (SSSR count). The van der Waals surface area contributed by atoms with Gasteiger partial charge in [0.15, 0.2) is 6.79 Å². The Balaban J connectivity index is 1.89. The van der Waals surface area contributed by atoms with Gasteiger partial charge >= 0.3 is 0 Å². The lowest BCUT2D eigenvalue weighted by molar-refractivity contribution is -0.00830. The minimum absolute atomic E-state index is 0.233. The molecule has 0 unspecified atom stereocenters. The summed E-state index contributed by atoms with van der Waals surface area (Å²) in [4.78, 5) is 2.29. The maximum absolute atomic E-state index is 5.78. The second-order valence-corrected chi connectivity index (χ2v) is 4.65. The molecule has 0 spiro atoms. The van der Waals surface area contributed by atoms with Crippen LogP contribution in [0, 0.1) is 0 Å². The topological polar surface area (TPSA) is 60.2 Å². The molecule has 1 fully saturated rings. The predicted octanol–water partition coefficient (Wildman–Crippen LogP) is 0.682. The normalized spacial score (nSPS) is 16.4. The van der Waals surface area contributed by atoms with Crippen molar-refractivity contribution < 1.29 is 14.2 Å². The molecular formula is C14H23N3O3. The van der Waals surface area contributed by atoms with E-state index in [2.05, 4.69) is 11.0 Å². The smallest absolute Gasteiger partial charge is 0.189 e. The van der Waals surface area contributed by atoms with Crippen molar-refractivity contribution in [2.24, 2.45) is 5.84 Å². The van der Waals surface area contributed by atoms with Crippen LogP contribution in [0.5, 0.6) is 5.75 Å². The average Bonchev–Trinajstić information content (AvgIpc) is 2.48. The van der Waals surface area contributed by atoms with E-state index in [9.17, 15) is 0 Å². The molecule has 112 valence electrons. The van der Waals surface area contributed by atoms with Gasteiger partial charge in [0.1, 0.15) is 5.75 Å². The van der Waals surface area contributed by atoms with E-state index < -0.39 is 0 Å². The van der Waals surface area contributed by atoms with Gasteiger partial charge in [-0.1, -0.05) is 12.1 Å². The summed E-state index contributed by atoms with van der Waals surface area (Å²) in [5.41, 5.74) is 1.09. The zero-order valence-electron chi connectivity index (χ0n) is 12.0. The van der Waals surface area contributed by atoms with E-state index in [4.69, 9.17) is 20.1 Å². The van der Waals surface area contributed by atoms with Crippen LogP contribution in [0.3, 0.4) is 0 Å². The van der Waals surface area contributed by atoms with Crippen molar-refractivity contribution in [2.45, 2.75) is 0 Å². The number of anilines is 1. The summed E-state index contributed by atoms with van der Waals surface area (Å²) in [6.07, 6.45) is 0. The van der Waals surface area contributed by atoms with Crippen LogP contribution in [-0.2, 0) is 9.47 Å². The Hall–Kier alpha value is -1.34. The van der Waals surface area contributed by atoms with Gasteiger partial charge in [0.25, 0.3) is 0 Å². The Kier molecular flexibility index (Phi) is 6.07. The van der Waals surface area contributed by atoms with Gasteiger partial charge in [0, 0.05) is 33.3 Å². The van der Waals surface area contributed by atoms with Gasteiger partial charge in [0.2, 0.25) is 0 Å². The van der Waals surface area contributed by atoms with Gasteiger partial charge in [-0.25, -0.2) is 5.01 Å². The second-order valence-electron chi connectivity index (χ2n) is 4.65. The molecule has 1 aliphatic rings. The van der Waals surface area contributed by atoms with Crippen LogP contribution in [0.15, 0.2) is 24.3 Å². The van der Waals surface area contributed by atoms with Gasteiger partial charge in [-0.3, -0.25) is 5.84 Å². The first-order valence-electron chi connectivity index (χ1n) is 6.84. The van der Waals surface area contributed by atoms with E-state index in [1.54, 1.807) is 7.11 Å². The molecule has 0 saturated carbocycles. The molecule has 1 aromatic carbocycles. The molecule has 0 bridgehead atoms. The Morgan fingerprint density at radius 2 is 1.85 bits per heavy atom. The van der Waals surface area contributed by atoms with Gasteiger partial charge < -0.3 is 19.1 Å². The van der Waals surface area contributed by atoms with Crippen LogP contribution < -0.4 is 15.5 Å². The third-order valence-corrected chi connectivity index (χ3v) is 3.25. The molecule has 1 heterocycles. The summed E-state index contributed by atoms with van der Waals surface area (Å²) >= 11 is 0. The largest absolute Gasteiger partial charge is 0.465 e. The van der Waals surface area contributed by atoms with E-state index in [0.29, 0.717) is 13.2 Å². The third kappa shape index (κ3) is 4.35. The maximum Gasteiger partial charge on any atom is 0.189 e. The summed E-state index contributed by atoms with van der Waals surface area (Å²) in [5.74, 6) is 6.63. The van der Waals surface area contributed by atoms with Crippen molar-refractivity contribution in [2.75, 3.05) is 58.2 Å². The number of piperazine rings is 1. The van der Waals surface area contributed by atoms with Crippen LogP contribution >= 0.6 is 0 Å². The Bertz CT molecular complexity index is 395. The first-order chi connectivity index (χ1) is 9.81. The highest BCUT2D eigenvalue weighted by molar-refractivity contribution is 5.58. The van der Waals surface area contributed by atoms with E-state index in [0.717, 1.165) is 37.6 Å². The fraction of sp³-hybridized carbons (Fsp3) is 0.571. The van der Waals surface area contributed by atoms with Crippen LogP contribution in [0.4, 0.5) is 5.69 Å². The van der Waals surface area contributed by atoms with Crippen LogP contribution in [0.2, 0.25) is 0 Å². The summed E-state index contributed by atoms with van der Waals surface area (Å²) in [6.45, 7) is 4.87. The van der Waals surface area contributed by atoms with Gasteiger partial charge in [-0.15, -0.1) is 0 Å². The number of para-hydroxylation sites is 2. The number of hydrogen-bond donors (Lipinski definition) is 1. The highest BCUT2D eigenvalue weighted by Gasteiger charge is 2.17. The Morgan fingerprint density at radius 3 is 2.60 bits per heavy atom. The second kappa shape index (κ2) is 8.06. The van der Waals surface area contributed by atoms with Gasteiger partial charge in [-0.05, 0) is 12.1 Å². The zero-order valence-corrected chi connectivity index (χ0v) is 12.0. The molecule has 0 aromatic heterocycles. The molecule has 0 atom stereocenters. The van der Waals surface area contributed by atoms with Crippen molar-refractivity contribution >= 4 is 5.69 Å². The van der Waals surface area contributed by atoms with Crippen molar-refractivity contribution in [3.63, 3.8) is 0 Å². The number of benzene rings is 1. The number of hydrazine groups is 1. The standard InChI is InChI=1S/C14H23N3O3/c1-18-10-11-19-12-20-14-5-3-2-4-13(14)16-6-8-17(15)9-7-16/h2-5H,6-12,15H2,1H3. The molecule has 0 radical (unpaired) electrons. The molecule has 1 aromatic rings. The van der Waals surface area contributed by atoms with Gasteiger partial charge in [-0.2, -0.15) is 0 Å². The molecular weight excluding hydrogens is 258 g/mol. The average molecular weight is 281 g/mol. The molecule has 6 nitrogen and oxygen atoms in total. The molecule has 20 heavy (non-hydrogen) atoms. The van der Waals surface area contributed by atoms with Crippen LogP contribution in [-0.4, -0.2) is 58.3 Å². The molecule has 2 N–H and O–H groups in total. The quantitative estimate of drug-likeness (QED) is 0.450. The number of nitrogens with zero attached hydrogens (tertiary/aromatic N) is 2. The fourth-order valence-electron chi connectivity index (χ4n) is 2.11. The predicted molar refractivity (Wildman–Crippen MR) is 77.7 cm³/mol.